The molecule has 0 unspecified atom stereocenters. The van der Waals surface area contributed by atoms with E-state index < -0.39 is 0 Å². The first-order valence-corrected chi connectivity index (χ1v) is 8.90. The first kappa shape index (κ1) is 13.3. The number of hydrogen-bond acceptors (Lipinski definition) is 1. The highest BCUT2D eigenvalue weighted by molar-refractivity contribution is 5.84. The summed E-state index contributed by atoms with van der Waals surface area (Å²) in [6, 6.07) is 0. The van der Waals surface area contributed by atoms with Crippen LogP contribution in [-0.2, 0) is 4.79 Å². The summed E-state index contributed by atoms with van der Waals surface area (Å²) in [6.45, 7) is 7.63. The van der Waals surface area contributed by atoms with Gasteiger partial charge in [-0.2, -0.15) is 0 Å². The fraction of sp³-hybridized carbons (Fsp3) is 0.947. The van der Waals surface area contributed by atoms with E-state index in [4.69, 9.17) is 0 Å². The molecule has 0 radical (unpaired) electrons. The molecule has 1 heteroatoms. The van der Waals surface area contributed by atoms with Crippen molar-refractivity contribution in [3.05, 3.63) is 0 Å². The van der Waals surface area contributed by atoms with Crippen LogP contribution in [-0.4, -0.2) is 5.78 Å². The van der Waals surface area contributed by atoms with Crippen molar-refractivity contribution in [1.29, 1.82) is 0 Å². The maximum absolute atomic E-state index is 12.3. The van der Waals surface area contributed by atoms with Crippen LogP contribution in [0.25, 0.3) is 0 Å². The fourth-order valence-corrected chi connectivity index (χ4v) is 7.50. The quantitative estimate of drug-likeness (QED) is 0.608. The van der Waals surface area contributed by atoms with E-state index in [9.17, 15) is 4.79 Å². The normalized spacial score (nSPS) is 53.4. The lowest BCUT2D eigenvalue weighted by Crippen LogP contribution is -2.55. The average molecular weight is 274 g/mol. The lowest BCUT2D eigenvalue weighted by molar-refractivity contribution is -0.144. The van der Waals surface area contributed by atoms with Gasteiger partial charge in [-0.05, 0) is 73.0 Å². The summed E-state index contributed by atoms with van der Waals surface area (Å²) in [6.07, 6.45) is 11.7. The van der Waals surface area contributed by atoms with Crippen LogP contribution in [0.4, 0.5) is 0 Å². The molecule has 4 aliphatic carbocycles. The number of carbonyl (C=O) groups excluding carboxylic acids is 1. The Morgan fingerprint density at radius 3 is 2.55 bits per heavy atom. The Labute approximate surface area is 123 Å². The first-order valence-electron chi connectivity index (χ1n) is 8.90. The maximum Gasteiger partial charge on any atom is 0.136 e. The monoisotopic (exact) mass is 274 g/mol. The van der Waals surface area contributed by atoms with Gasteiger partial charge in [-0.1, -0.05) is 27.2 Å². The molecule has 0 heterocycles. The summed E-state index contributed by atoms with van der Waals surface area (Å²) in [4.78, 5) is 12.3. The SMILES string of the molecule is CC1(C)CCC[C@@]2(C)[C@@H]1CC[C@@]13CC(=O)[C@@H](CC[C@@H]12)C3. The second kappa shape index (κ2) is 3.90. The molecule has 4 saturated carbocycles. The first-order chi connectivity index (χ1) is 9.37. The van der Waals surface area contributed by atoms with Gasteiger partial charge in [0, 0.05) is 12.3 Å². The van der Waals surface area contributed by atoms with E-state index in [0.29, 0.717) is 27.9 Å². The molecule has 4 rings (SSSR count). The second-order valence-electron chi connectivity index (χ2n) is 9.48. The minimum Gasteiger partial charge on any atom is -0.299 e. The maximum atomic E-state index is 12.3. The smallest absolute Gasteiger partial charge is 0.136 e. The zero-order valence-electron chi connectivity index (χ0n) is 13.5. The zero-order valence-corrected chi connectivity index (χ0v) is 13.5. The van der Waals surface area contributed by atoms with Gasteiger partial charge in [-0.25, -0.2) is 0 Å². The summed E-state index contributed by atoms with van der Waals surface area (Å²) >= 11 is 0. The molecular weight excluding hydrogens is 244 g/mol. The molecule has 0 saturated heterocycles. The van der Waals surface area contributed by atoms with E-state index in [1.165, 1.54) is 51.4 Å². The van der Waals surface area contributed by atoms with Gasteiger partial charge in [0.25, 0.3) is 0 Å². The van der Waals surface area contributed by atoms with Gasteiger partial charge >= 0.3 is 0 Å². The van der Waals surface area contributed by atoms with Crippen LogP contribution in [0.5, 0.6) is 0 Å². The van der Waals surface area contributed by atoms with E-state index >= 15 is 0 Å². The third-order valence-corrected chi connectivity index (χ3v) is 8.18. The number of rotatable bonds is 0. The molecule has 20 heavy (non-hydrogen) atoms. The summed E-state index contributed by atoms with van der Waals surface area (Å²) < 4.78 is 0. The van der Waals surface area contributed by atoms with Crippen LogP contribution < -0.4 is 0 Å². The lowest BCUT2D eigenvalue weighted by atomic mass is 9.41. The lowest BCUT2D eigenvalue weighted by Gasteiger charge is -2.63. The van der Waals surface area contributed by atoms with Crippen LogP contribution in [0, 0.1) is 34.0 Å². The van der Waals surface area contributed by atoms with Gasteiger partial charge in [-0.3, -0.25) is 4.79 Å². The predicted octanol–water partition coefficient (Wildman–Crippen LogP) is 4.99. The van der Waals surface area contributed by atoms with Gasteiger partial charge in [0.1, 0.15) is 5.78 Å². The van der Waals surface area contributed by atoms with Crippen molar-refractivity contribution < 1.29 is 4.79 Å². The topological polar surface area (TPSA) is 17.1 Å². The Hall–Kier alpha value is -0.330. The standard InChI is InChI=1S/C19H30O/c1-17(2)8-4-9-18(3)15(17)7-10-19-11-13(14(20)12-19)5-6-16(18)19/h13,15-16H,4-12H2,1-3H3/t13-,15+,16+,18-,19+/m0/s1. The van der Waals surface area contributed by atoms with E-state index in [-0.39, 0.29) is 0 Å². The van der Waals surface area contributed by atoms with Crippen molar-refractivity contribution in [1.82, 2.24) is 0 Å². The molecule has 4 fully saturated rings. The van der Waals surface area contributed by atoms with Crippen molar-refractivity contribution in [2.45, 2.75) is 78.6 Å². The molecule has 2 bridgehead atoms. The van der Waals surface area contributed by atoms with Crippen molar-refractivity contribution in [3.8, 4) is 0 Å². The van der Waals surface area contributed by atoms with E-state index in [1.54, 1.807) is 0 Å². The van der Waals surface area contributed by atoms with Crippen LogP contribution >= 0.6 is 0 Å². The van der Waals surface area contributed by atoms with Crippen LogP contribution in [0.15, 0.2) is 0 Å². The molecule has 0 aliphatic heterocycles. The van der Waals surface area contributed by atoms with Gasteiger partial charge in [0.15, 0.2) is 0 Å². The minimum atomic E-state index is 0.429. The highest BCUT2D eigenvalue weighted by atomic mass is 16.1. The molecule has 0 amide bonds. The minimum absolute atomic E-state index is 0.429. The summed E-state index contributed by atoms with van der Waals surface area (Å²) in [7, 11) is 0. The third kappa shape index (κ3) is 1.53. The predicted molar refractivity (Wildman–Crippen MR) is 81.4 cm³/mol. The van der Waals surface area contributed by atoms with Gasteiger partial charge in [0.05, 0.1) is 0 Å². The Balaban J connectivity index is 1.74. The molecule has 1 spiro atoms. The number of hydrogen-bond donors (Lipinski definition) is 0. The summed E-state index contributed by atoms with van der Waals surface area (Å²) in [5.41, 5.74) is 1.47. The second-order valence-corrected chi connectivity index (χ2v) is 9.48. The zero-order chi connectivity index (χ0) is 14.2. The Morgan fingerprint density at radius 2 is 1.75 bits per heavy atom. The number of ketones is 1. The van der Waals surface area contributed by atoms with E-state index in [2.05, 4.69) is 20.8 Å². The van der Waals surface area contributed by atoms with Crippen LogP contribution in [0.2, 0.25) is 0 Å². The van der Waals surface area contributed by atoms with Crippen molar-refractivity contribution in [3.63, 3.8) is 0 Å². The molecule has 112 valence electrons. The number of Topliss-reactive ketones (excluding diaryl/α,β-unsaturated/α-hetero) is 1. The molecule has 0 aromatic carbocycles. The van der Waals surface area contributed by atoms with Gasteiger partial charge in [0.2, 0.25) is 0 Å². The molecule has 0 aromatic heterocycles. The number of fused-ring (bicyclic) bond motifs is 3. The fourth-order valence-electron chi connectivity index (χ4n) is 7.50. The average Bonchev–Trinajstić information content (AvgIpc) is 2.58. The molecule has 1 nitrogen and oxygen atoms in total. The largest absolute Gasteiger partial charge is 0.299 e. The number of carbonyl (C=O) groups is 1. The van der Waals surface area contributed by atoms with E-state index in [0.717, 1.165) is 18.3 Å². The Morgan fingerprint density at radius 1 is 0.950 bits per heavy atom. The van der Waals surface area contributed by atoms with Crippen molar-refractivity contribution in [2.75, 3.05) is 0 Å². The van der Waals surface area contributed by atoms with Gasteiger partial charge < -0.3 is 0 Å². The molecule has 5 atom stereocenters. The molecule has 0 aromatic rings. The molecule has 4 aliphatic rings. The summed E-state index contributed by atoms with van der Waals surface area (Å²) in [5, 5.41) is 0. The summed E-state index contributed by atoms with van der Waals surface area (Å²) in [5.74, 6) is 2.80. The Bertz CT molecular complexity index is 451. The Kier molecular flexibility index (Phi) is 2.60. The van der Waals surface area contributed by atoms with Crippen molar-refractivity contribution >= 4 is 5.78 Å². The van der Waals surface area contributed by atoms with E-state index in [1.807, 2.05) is 0 Å². The highest BCUT2D eigenvalue weighted by Crippen LogP contribution is 2.70. The van der Waals surface area contributed by atoms with Gasteiger partial charge in [-0.15, -0.1) is 0 Å². The molecular formula is C19H30O. The third-order valence-electron chi connectivity index (χ3n) is 8.18. The molecule has 0 N–H and O–H groups in total. The van der Waals surface area contributed by atoms with Crippen LogP contribution in [0.3, 0.4) is 0 Å². The highest BCUT2D eigenvalue weighted by Gasteiger charge is 2.63. The van der Waals surface area contributed by atoms with Crippen molar-refractivity contribution in [2.24, 2.45) is 34.0 Å². The van der Waals surface area contributed by atoms with Crippen LogP contribution in [0.1, 0.15) is 78.6 Å².